The van der Waals surface area contributed by atoms with Crippen LogP contribution in [0.3, 0.4) is 0 Å². The van der Waals surface area contributed by atoms with Gasteiger partial charge in [0.1, 0.15) is 5.71 Å². The molecule has 0 unspecified atom stereocenters. The average Bonchev–Trinajstić information content (AvgIpc) is 3.28. The van der Waals surface area contributed by atoms with Crippen LogP contribution < -0.4 is 16.3 Å². The molecule has 0 atom stereocenters. The number of carbonyl (C=O) groups excluding carboxylic acids is 1. The van der Waals surface area contributed by atoms with Gasteiger partial charge in [-0.15, -0.1) is 0 Å². The Morgan fingerprint density at radius 1 is 0.784 bits per heavy atom. The van der Waals surface area contributed by atoms with Gasteiger partial charge in [0, 0.05) is 21.3 Å². The van der Waals surface area contributed by atoms with Crippen LogP contribution in [-0.2, 0) is 0 Å². The Morgan fingerprint density at radius 3 is 2.03 bits per heavy atom. The first kappa shape index (κ1) is 24.0. The highest BCUT2D eigenvalue weighted by Gasteiger charge is 2.23. The zero-order chi connectivity index (χ0) is 25.6. The molecule has 1 aromatic heterocycles. The number of urea groups is 1. The molecule has 1 heterocycles. The van der Waals surface area contributed by atoms with Crippen LogP contribution in [0, 0.1) is 0 Å². The van der Waals surface area contributed by atoms with E-state index in [0.29, 0.717) is 33.9 Å². The Hall–Kier alpha value is -4.69. The highest BCUT2D eigenvalue weighted by atomic mass is 79.9. The van der Waals surface area contributed by atoms with Crippen molar-refractivity contribution in [3.8, 4) is 16.9 Å². The van der Waals surface area contributed by atoms with Crippen molar-refractivity contribution in [3.05, 3.63) is 141 Å². The number of anilines is 1. The highest BCUT2D eigenvalue weighted by Crippen LogP contribution is 2.24. The molecule has 2 amide bonds. The fourth-order valence-corrected chi connectivity index (χ4v) is 4.15. The van der Waals surface area contributed by atoms with E-state index in [2.05, 4.69) is 36.9 Å². The topological polar surface area (TPSA) is 91.3 Å². The van der Waals surface area contributed by atoms with Crippen molar-refractivity contribution in [1.82, 2.24) is 15.2 Å². The van der Waals surface area contributed by atoms with Crippen LogP contribution in [0.15, 0.2) is 130 Å². The van der Waals surface area contributed by atoms with Crippen LogP contribution in [0.2, 0.25) is 0 Å². The number of hydrazone groups is 1. The van der Waals surface area contributed by atoms with Gasteiger partial charge in [-0.25, -0.2) is 14.9 Å². The summed E-state index contributed by atoms with van der Waals surface area (Å²) in [5.41, 5.74) is 6.28. The van der Waals surface area contributed by atoms with Gasteiger partial charge in [-0.05, 0) is 36.4 Å². The van der Waals surface area contributed by atoms with Crippen LogP contribution in [0.25, 0.3) is 16.9 Å². The van der Waals surface area contributed by atoms with Gasteiger partial charge in [-0.2, -0.15) is 5.10 Å². The number of aromatic amines is 1. The lowest BCUT2D eigenvalue weighted by Gasteiger charge is -2.09. The van der Waals surface area contributed by atoms with Gasteiger partial charge in [-0.1, -0.05) is 94.8 Å². The summed E-state index contributed by atoms with van der Waals surface area (Å²) in [6.07, 6.45) is 0. The third-order valence-electron chi connectivity index (χ3n) is 5.62. The second-order valence-corrected chi connectivity index (χ2v) is 9.02. The molecule has 0 saturated heterocycles. The molecule has 0 fully saturated rings. The predicted octanol–water partition coefficient (Wildman–Crippen LogP) is 6.17. The van der Waals surface area contributed by atoms with Gasteiger partial charge in [0.15, 0.2) is 0 Å². The van der Waals surface area contributed by atoms with Crippen LogP contribution >= 0.6 is 15.9 Å². The maximum absolute atomic E-state index is 13.9. The fourth-order valence-electron chi connectivity index (χ4n) is 3.89. The second kappa shape index (κ2) is 10.9. The lowest BCUT2D eigenvalue weighted by molar-refractivity contribution is 0.252. The summed E-state index contributed by atoms with van der Waals surface area (Å²) < 4.78 is 2.36. The molecular formula is C29H22BrN5O2. The molecule has 4 aromatic carbocycles. The Morgan fingerprint density at radius 2 is 1.38 bits per heavy atom. The minimum absolute atomic E-state index is 0.294. The molecule has 0 aliphatic heterocycles. The monoisotopic (exact) mass is 551 g/mol. The summed E-state index contributed by atoms with van der Waals surface area (Å²) in [6, 6.07) is 34.8. The number of hydrogen-bond donors (Lipinski definition) is 3. The lowest BCUT2D eigenvalue weighted by atomic mass is 9.99. The number of benzene rings is 4. The zero-order valence-electron chi connectivity index (χ0n) is 19.6. The van der Waals surface area contributed by atoms with Crippen molar-refractivity contribution in [2.45, 2.75) is 0 Å². The first-order chi connectivity index (χ1) is 18.1. The molecule has 5 aromatic rings. The SMILES string of the molecule is O=C(N/N=C(\c1ccc(Br)cc1)c1c(-c2ccccc2)[nH]n(-c2ccccc2)c1=O)Nc1ccccc1. The molecule has 0 radical (unpaired) electrons. The van der Waals surface area contributed by atoms with Gasteiger partial charge < -0.3 is 5.32 Å². The Labute approximate surface area is 221 Å². The van der Waals surface area contributed by atoms with Gasteiger partial charge in [0.25, 0.3) is 5.56 Å². The Balaban J connectivity index is 1.65. The minimum atomic E-state index is -0.527. The minimum Gasteiger partial charge on any atom is -0.307 e. The summed E-state index contributed by atoms with van der Waals surface area (Å²) in [5, 5.41) is 10.5. The average molecular weight is 552 g/mol. The number of amides is 2. The molecule has 0 aliphatic rings. The molecular weight excluding hydrogens is 530 g/mol. The maximum Gasteiger partial charge on any atom is 0.339 e. The van der Waals surface area contributed by atoms with E-state index in [9.17, 15) is 9.59 Å². The fraction of sp³-hybridized carbons (Fsp3) is 0. The number of H-pyrrole nitrogens is 1. The third-order valence-corrected chi connectivity index (χ3v) is 6.15. The second-order valence-electron chi connectivity index (χ2n) is 8.10. The number of aromatic nitrogens is 2. The van der Waals surface area contributed by atoms with E-state index in [0.717, 1.165) is 10.0 Å². The molecule has 0 aliphatic carbocycles. The van der Waals surface area contributed by atoms with Gasteiger partial charge in [-0.3, -0.25) is 9.89 Å². The normalized spacial score (nSPS) is 11.2. The number of nitrogens with zero attached hydrogens (tertiary/aromatic N) is 2. The van der Waals surface area contributed by atoms with Crippen LogP contribution in [0.5, 0.6) is 0 Å². The Bertz CT molecular complexity index is 1590. The molecule has 182 valence electrons. The zero-order valence-corrected chi connectivity index (χ0v) is 21.1. The number of nitrogens with one attached hydrogen (secondary N) is 3. The highest BCUT2D eigenvalue weighted by molar-refractivity contribution is 9.10. The number of rotatable bonds is 6. The quantitative estimate of drug-likeness (QED) is 0.174. The largest absolute Gasteiger partial charge is 0.339 e. The standard InChI is InChI=1S/C29H22BrN5O2/c30-22-18-16-21(17-19-22)26(32-33-29(37)31-23-12-6-2-7-13-23)25-27(20-10-4-1-5-11-20)34-35(28(25)36)24-14-8-3-9-15-24/h1-19,34H,(H2,31,33,37)/b32-26+. The number of carbonyl (C=O) groups is 1. The van der Waals surface area contributed by atoms with E-state index in [1.165, 1.54) is 4.68 Å². The first-order valence-corrected chi connectivity index (χ1v) is 12.3. The third kappa shape index (κ3) is 5.44. The van der Waals surface area contributed by atoms with E-state index in [-0.39, 0.29) is 5.56 Å². The molecule has 5 rings (SSSR count). The van der Waals surface area contributed by atoms with Gasteiger partial charge >= 0.3 is 6.03 Å². The first-order valence-electron chi connectivity index (χ1n) is 11.5. The van der Waals surface area contributed by atoms with E-state index < -0.39 is 6.03 Å². The number of hydrogen-bond acceptors (Lipinski definition) is 3. The van der Waals surface area contributed by atoms with E-state index >= 15 is 0 Å². The summed E-state index contributed by atoms with van der Waals surface area (Å²) in [4.78, 5) is 26.6. The van der Waals surface area contributed by atoms with E-state index in [1.54, 1.807) is 12.1 Å². The molecule has 0 spiro atoms. The molecule has 8 heteroatoms. The van der Waals surface area contributed by atoms with Crippen molar-refractivity contribution in [2.24, 2.45) is 5.10 Å². The van der Waals surface area contributed by atoms with Crippen LogP contribution in [0.4, 0.5) is 10.5 Å². The molecule has 37 heavy (non-hydrogen) atoms. The smallest absolute Gasteiger partial charge is 0.307 e. The van der Waals surface area contributed by atoms with Crippen LogP contribution in [-0.4, -0.2) is 21.5 Å². The van der Waals surface area contributed by atoms with E-state index in [1.807, 2.05) is 103 Å². The van der Waals surface area contributed by atoms with Crippen LogP contribution in [0.1, 0.15) is 11.1 Å². The predicted molar refractivity (Wildman–Crippen MR) is 150 cm³/mol. The lowest BCUT2D eigenvalue weighted by Crippen LogP contribution is -2.28. The summed E-state index contributed by atoms with van der Waals surface area (Å²) in [7, 11) is 0. The molecule has 0 saturated carbocycles. The number of para-hydroxylation sites is 2. The van der Waals surface area contributed by atoms with Crippen molar-refractivity contribution in [3.63, 3.8) is 0 Å². The van der Waals surface area contributed by atoms with Gasteiger partial charge in [0.05, 0.1) is 16.9 Å². The summed E-state index contributed by atoms with van der Waals surface area (Å²) in [5.74, 6) is 0. The van der Waals surface area contributed by atoms with E-state index in [4.69, 9.17) is 0 Å². The van der Waals surface area contributed by atoms with Crippen molar-refractivity contribution >= 4 is 33.4 Å². The van der Waals surface area contributed by atoms with Crippen molar-refractivity contribution in [1.29, 1.82) is 0 Å². The Kier molecular flexibility index (Phi) is 7.09. The molecule has 3 N–H and O–H groups in total. The maximum atomic E-state index is 13.9. The van der Waals surface area contributed by atoms with Crippen molar-refractivity contribution < 1.29 is 4.79 Å². The van der Waals surface area contributed by atoms with Crippen molar-refractivity contribution in [2.75, 3.05) is 5.32 Å². The molecule has 0 bridgehead atoms. The van der Waals surface area contributed by atoms with Gasteiger partial charge in [0.2, 0.25) is 0 Å². The molecule has 7 nitrogen and oxygen atoms in total. The summed E-state index contributed by atoms with van der Waals surface area (Å²) in [6.45, 7) is 0. The number of halogens is 1. The summed E-state index contributed by atoms with van der Waals surface area (Å²) >= 11 is 3.46.